The molecule has 0 aliphatic carbocycles. The topological polar surface area (TPSA) is 657 Å². The first kappa shape index (κ1) is 100. The molecule has 24 N–H and O–H groups in total. The molecule has 0 saturated heterocycles. The van der Waals surface area contributed by atoms with Gasteiger partial charge in [-0.15, -0.1) is 0 Å². The maximum absolute atomic E-state index is 13.0. The number of hydrogen-bond acceptors (Lipinski definition) is 29. The molecule has 0 aromatic heterocycles. The number of carbonyl (C=O) groups is 14. The fourth-order valence-electron chi connectivity index (χ4n) is 9.63. The summed E-state index contributed by atoms with van der Waals surface area (Å²) in [7, 11) is 0. The van der Waals surface area contributed by atoms with E-state index in [1.165, 1.54) is 104 Å². The van der Waals surface area contributed by atoms with Gasteiger partial charge in [0, 0.05) is 45.4 Å². The highest BCUT2D eigenvalue weighted by Crippen LogP contribution is 2.21. The average Bonchev–Trinajstić information content (AvgIpc) is 0.855. The van der Waals surface area contributed by atoms with Crippen LogP contribution in [0.2, 0.25) is 0 Å². The molecular formula is C66H118N8O29. The minimum atomic E-state index is -1.79. The Morgan fingerprint density at radius 2 is 0.495 bits per heavy atom. The SMILES string of the molecule is CC(=O)CC(C(=O)NC(C(=O)CC(C(=O)NC(C(=O)[O-])C(C)O)C(C)O)C(C)O)C(C)O.CC(=O)NC(C(=O)CC(C(=O)NC(C(=O)CC(C(=O)NC(C)C(C)O)C(C)O)C(C)O)C(C)O)C(C)O.CC(O)C(C)CC(=O)C(NC(=O)C(CC(=O)C(NC(=O)C([NH3+])C(C)O)C(C)O)C(C)O)C(C)O. The van der Waals surface area contributed by atoms with E-state index in [1.807, 2.05) is 5.32 Å². The van der Waals surface area contributed by atoms with Gasteiger partial charge in [0.1, 0.15) is 42.1 Å². The van der Waals surface area contributed by atoms with Gasteiger partial charge >= 0.3 is 0 Å². The van der Waals surface area contributed by atoms with Gasteiger partial charge in [-0.3, -0.25) is 57.5 Å². The third-order valence-corrected chi connectivity index (χ3v) is 16.9. The Bertz CT molecular complexity index is 2760. The zero-order valence-electron chi connectivity index (χ0n) is 62.0. The Morgan fingerprint density at radius 1 is 0.272 bits per heavy atom. The molecule has 0 fully saturated rings. The third-order valence-electron chi connectivity index (χ3n) is 16.9. The third kappa shape index (κ3) is 37.1. The van der Waals surface area contributed by atoms with Gasteiger partial charge in [-0.25, -0.2) is 0 Å². The first-order valence-corrected chi connectivity index (χ1v) is 33.8. The van der Waals surface area contributed by atoms with Gasteiger partial charge in [0.2, 0.25) is 35.4 Å². The number of ketones is 6. The Morgan fingerprint density at radius 3 is 0.699 bits per heavy atom. The van der Waals surface area contributed by atoms with Gasteiger partial charge in [-0.05, 0) is 117 Å². The highest BCUT2D eigenvalue weighted by molar-refractivity contribution is 5.98. The number of carbonyl (C=O) groups excluding carboxylic acids is 14. The lowest BCUT2D eigenvalue weighted by Crippen LogP contribution is -2.73. The van der Waals surface area contributed by atoms with Crippen molar-refractivity contribution in [3.63, 3.8) is 0 Å². The summed E-state index contributed by atoms with van der Waals surface area (Å²) in [5, 5.41) is 165. The van der Waals surface area contributed by atoms with Gasteiger partial charge in [-0.2, -0.15) is 0 Å². The number of aliphatic hydroxyl groups excluding tert-OH is 14. The largest absolute Gasteiger partial charge is 0.548 e. The van der Waals surface area contributed by atoms with E-state index in [4.69, 9.17) is 0 Å². The average molecular weight is 1490 g/mol. The monoisotopic (exact) mass is 1490 g/mol. The van der Waals surface area contributed by atoms with Crippen molar-refractivity contribution in [3.05, 3.63) is 0 Å². The minimum absolute atomic E-state index is 0.114. The molecule has 7 amide bonds. The maximum Gasteiger partial charge on any atom is 0.281 e. The van der Waals surface area contributed by atoms with Crippen LogP contribution in [0, 0.1) is 35.5 Å². The molecule has 0 bridgehead atoms. The van der Waals surface area contributed by atoms with Crippen molar-refractivity contribution in [2.75, 3.05) is 0 Å². The van der Waals surface area contributed by atoms with Crippen molar-refractivity contribution in [2.24, 2.45) is 35.5 Å². The van der Waals surface area contributed by atoms with Crippen molar-refractivity contribution in [2.45, 2.75) is 297 Å². The zero-order valence-corrected chi connectivity index (χ0v) is 62.0. The lowest BCUT2D eigenvalue weighted by atomic mass is 9.89. The normalized spacial score (nSPS) is 19.6. The minimum Gasteiger partial charge on any atom is -0.548 e. The number of rotatable bonds is 45. The van der Waals surface area contributed by atoms with Crippen LogP contribution in [0.4, 0.5) is 0 Å². The number of aliphatic hydroxyl groups is 14. The second-order valence-electron chi connectivity index (χ2n) is 27.0. The van der Waals surface area contributed by atoms with Crippen LogP contribution in [0.1, 0.15) is 163 Å². The van der Waals surface area contributed by atoms with Crippen molar-refractivity contribution in [1.29, 1.82) is 0 Å². The second-order valence-corrected chi connectivity index (χ2v) is 27.0. The molecule has 37 heteroatoms. The summed E-state index contributed by atoms with van der Waals surface area (Å²) < 4.78 is 0. The summed E-state index contributed by atoms with van der Waals surface area (Å²) in [4.78, 5) is 173. The Kier molecular flexibility index (Phi) is 47.1. The molecule has 37 nitrogen and oxygen atoms in total. The molecule has 0 spiro atoms. The molecule has 0 aromatic carbocycles. The van der Waals surface area contributed by atoms with E-state index >= 15 is 0 Å². The number of quaternary nitrogens is 1. The van der Waals surface area contributed by atoms with Crippen molar-refractivity contribution >= 4 is 82.0 Å². The highest BCUT2D eigenvalue weighted by atomic mass is 16.4. The molecule has 0 radical (unpaired) electrons. The highest BCUT2D eigenvalue weighted by Gasteiger charge is 2.41. The van der Waals surface area contributed by atoms with Gasteiger partial charge in [0.15, 0.2) is 35.0 Å². The van der Waals surface area contributed by atoms with Gasteiger partial charge in [0.05, 0.1) is 127 Å². The molecular weight excluding hydrogens is 1370 g/mol. The molecule has 0 aromatic rings. The number of hydrogen-bond donors (Lipinski definition) is 22. The lowest BCUT2D eigenvalue weighted by molar-refractivity contribution is -0.419. The molecule has 596 valence electrons. The second kappa shape index (κ2) is 48.3. The Hall–Kier alpha value is -6.82. The van der Waals surface area contributed by atoms with E-state index in [2.05, 4.69) is 37.6 Å². The van der Waals surface area contributed by atoms with Gasteiger partial charge < -0.3 is 129 Å². The van der Waals surface area contributed by atoms with Crippen LogP contribution in [0.5, 0.6) is 0 Å². The molecule has 28 atom stereocenters. The van der Waals surface area contributed by atoms with Crippen LogP contribution in [0.3, 0.4) is 0 Å². The van der Waals surface area contributed by atoms with Crippen LogP contribution in [-0.2, 0) is 67.1 Å². The van der Waals surface area contributed by atoms with Crippen LogP contribution >= 0.6 is 0 Å². The molecule has 0 rings (SSSR count). The van der Waals surface area contributed by atoms with E-state index in [0.717, 1.165) is 13.8 Å². The van der Waals surface area contributed by atoms with Crippen LogP contribution in [-0.4, -0.2) is 287 Å². The molecule has 0 aliphatic heterocycles. The van der Waals surface area contributed by atoms with E-state index in [0.29, 0.717) is 0 Å². The molecule has 0 aliphatic rings. The molecule has 0 heterocycles. The number of aliphatic carboxylic acids is 1. The smallest absolute Gasteiger partial charge is 0.281 e. The quantitative estimate of drug-likeness (QED) is 0.0269. The summed E-state index contributed by atoms with van der Waals surface area (Å²) in [6, 6.07) is -10.7. The predicted octanol–water partition coefficient (Wildman–Crippen LogP) is -9.42. The number of amides is 7. The van der Waals surface area contributed by atoms with E-state index < -0.39 is 271 Å². The summed E-state index contributed by atoms with van der Waals surface area (Å²) in [6.07, 6.45) is -20.5. The number of nitrogens with one attached hydrogen (secondary N) is 7. The molecule has 103 heavy (non-hydrogen) atoms. The molecule has 28 unspecified atom stereocenters. The fourth-order valence-corrected chi connectivity index (χ4v) is 9.63. The number of carboxylic acids is 1. The van der Waals surface area contributed by atoms with Crippen LogP contribution < -0.4 is 48.1 Å². The summed E-state index contributed by atoms with van der Waals surface area (Å²) in [5.41, 5.74) is 3.49. The molecule has 0 saturated carbocycles. The summed E-state index contributed by atoms with van der Waals surface area (Å²) in [6.45, 7) is 23.5. The van der Waals surface area contributed by atoms with E-state index in [1.54, 1.807) is 6.92 Å². The number of Topliss-reactive ketones (excluding diaryl/α,β-unsaturated/α-hetero) is 6. The maximum atomic E-state index is 13.0. The zero-order chi connectivity index (χ0) is 81.4. The lowest BCUT2D eigenvalue weighted by Gasteiger charge is -2.28. The predicted molar refractivity (Wildman–Crippen MR) is 360 cm³/mol. The van der Waals surface area contributed by atoms with Crippen molar-refractivity contribution in [1.82, 2.24) is 37.2 Å². The number of carboxylic acid groups (broad SMARTS) is 1. The summed E-state index contributed by atoms with van der Waals surface area (Å²) >= 11 is 0. The summed E-state index contributed by atoms with van der Waals surface area (Å²) in [5.74, 6) is -18.7. The van der Waals surface area contributed by atoms with Crippen LogP contribution in [0.25, 0.3) is 0 Å². The van der Waals surface area contributed by atoms with Gasteiger partial charge in [-0.1, -0.05) is 6.92 Å². The Balaban J connectivity index is -0.00000146. The van der Waals surface area contributed by atoms with Gasteiger partial charge in [0.25, 0.3) is 5.91 Å². The van der Waals surface area contributed by atoms with E-state index in [9.17, 15) is 144 Å². The van der Waals surface area contributed by atoms with E-state index in [-0.39, 0.29) is 18.6 Å². The van der Waals surface area contributed by atoms with Crippen molar-refractivity contribution < 1.29 is 149 Å². The van der Waals surface area contributed by atoms with Crippen molar-refractivity contribution in [3.8, 4) is 0 Å². The standard InChI is InChI=1S/C24H43N3O10.C22H41N3O9.C20H34N2O10/c1-10(11(2)28)25-23(36)17(12(3)29)8-20(35)22(15(6)32)27-24(37)18(13(4)30)9-19(34)21(14(5)31)26-16(7)33;1-9(10(2)26)7-16(31)19(13(5)29)24-21(33)15(11(3)27)8-17(32)20(14(6)30)25-22(34)18(23)12(4)28;1-8(23)6-13(9(2)24)18(29)21-16(11(4)26)15(28)7-14(10(3)25)19(30)22-17(12(5)27)20(31)32/h10-15,17-18,21-22,28-32H,8-9H2,1-7H3,(H,25,36)(H,26,33)(H,27,37);9-15,18-20,26-30H,7-8,23H2,1-6H3,(H,24,33)(H,25,34);9-14,16-17,24-27H,6-7H2,1-5H3,(H,21,29)(H,22,30)(H,31,32). The Labute approximate surface area is 599 Å². The first-order valence-electron chi connectivity index (χ1n) is 33.8. The first-order chi connectivity index (χ1) is 47.0. The fraction of sp³-hybridized carbons (Fsp3) is 0.788. The van der Waals surface area contributed by atoms with Crippen LogP contribution in [0.15, 0.2) is 0 Å².